The topological polar surface area (TPSA) is 62.7 Å². The van der Waals surface area contributed by atoms with Crippen molar-refractivity contribution in [3.05, 3.63) is 36.8 Å². The summed E-state index contributed by atoms with van der Waals surface area (Å²) in [5.41, 5.74) is 0. The number of rotatable bonds is 3. The number of nitrogens with one attached hydrogen (secondary N) is 2. The van der Waals surface area contributed by atoms with Crippen molar-refractivity contribution >= 4 is 17.5 Å². The number of aromatic nitrogens is 3. The van der Waals surface area contributed by atoms with Crippen LogP contribution in [-0.4, -0.2) is 22.0 Å². The Morgan fingerprint density at radius 1 is 1.00 bits per heavy atom. The van der Waals surface area contributed by atoms with Crippen molar-refractivity contribution in [1.82, 2.24) is 15.0 Å². The maximum Gasteiger partial charge on any atom is 0.137 e. The normalized spacial score (nSPS) is 9.67. The second-order valence-electron chi connectivity index (χ2n) is 2.88. The first-order chi connectivity index (χ1) is 7.38. The number of anilines is 3. The first kappa shape index (κ1) is 9.39. The van der Waals surface area contributed by atoms with Crippen LogP contribution in [0.2, 0.25) is 0 Å². The molecule has 0 radical (unpaired) electrons. The predicted octanol–water partition coefficient (Wildman–Crippen LogP) is 1.66. The summed E-state index contributed by atoms with van der Waals surface area (Å²) in [5.74, 6) is 2.25. The smallest absolute Gasteiger partial charge is 0.137 e. The molecule has 2 rings (SSSR count). The van der Waals surface area contributed by atoms with Gasteiger partial charge in [-0.1, -0.05) is 6.07 Å². The lowest BCUT2D eigenvalue weighted by Crippen LogP contribution is -1.98. The Morgan fingerprint density at radius 2 is 1.87 bits per heavy atom. The summed E-state index contributed by atoms with van der Waals surface area (Å²) in [6, 6.07) is 7.47. The summed E-state index contributed by atoms with van der Waals surface area (Å²) in [7, 11) is 1.81. The van der Waals surface area contributed by atoms with Crippen molar-refractivity contribution in [3.8, 4) is 0 Å². The molecule has 2 aromatic heterocycles. The Kier molecular flexibility index (Phi) is 2.73. The van der Waals surface area contributed by atoms with Gasteiger partial charge in [0.15, 0.2) is 0 Å². The Morgan fingerprint density at radius 3 is 2.60 bits per heavy atom. The maximum atomic E-state index is 4.14. The van der Waals surface area contributed by atoms with Crippen LogP contribution in [0.5, 0.6) is 0 Å². The third-order valence-corrected chi connectivity index (χ3v) is 1.84. The minimum Gasteiger partial charge on any atom is -0.373 e. The summed E-state index contributed by atoms with van der Waals surface area (Å²) >= 11 is 0. The zero-order chi connectivity index (χ0) is 10.5. The SMILES string of the molecule is CNc1cc(Nc2ccccn2)ncn1. The van der Waals surface area contributed by atoms with E-state index in [4.69, 9.17) is 0 Å². The van der Waals surface area contributed by atoms with Gasteiger partial charge in [0.05, 0.1) is 0 Å². The zero-order valence-corrected chi connectivity index (χ0v) is 8.31. The van der Waals surface area contributed by atoms with Crippen LogP contribution >= 0.6 is 0 Å². The molecule has 0 bridgehead atoms. The highest BCUT2D eigenvalue weighted by atomic mass is 15.1. The first-order valence-corrected chi connectivity index (χ1v) is 4.56. The maximum absolute atomic E-state index is 4.14. The van der Waals surface area contributed by atoms with E-state index in [0.29, 0.717) is 5.82 Å². The van der Waals surface area contributed by atoms with E-state index in [0.717, 1.165) is 11.6 Å². The number of pyridine rings is 1. The fraction of sp³-hybridized carbons (Fsp3) is 0.100. The molecular weight excluding hydrogens is 190 g/mol. The van der Waals surface area contributed by atoms with Crippen LogP contribution in [0, 0.1) is 0 Å². The van der Waals surface area contributed by atoms with E-state index in [2.05, 4.69) is 25.6 Å². The van der Waals surface area contributed by atoms with Crippen molar-refractivity contribution in [3.63, 3.8) is 0 Å². The summed E-state index contributed by atoms with van der Waals surface area (Å²) < 4.78 is 0. The van der Waals surface area contributed by atoms with Crippen LogP contribution in [0.15, 0.2) is 36.8 Å². The molecule has 15 heavy (non-hydrogen) atoms. The Balaban J connectivity index is 2.17. The van der Waals surface area contributed by atoms with Crippen molar-refractivity contribution in [2.45, 2.75) is 0 Å². The van der Waals surface area contributed by atoms with E-state index in [1.807, 2.05) is 31.3 Å². The molecule has 0 amide bonds. The highest BCUT2D eigenvalue weighted by Crippen LogP contribution is 2.12. The molecule has 76 valence electrons. The molecule has 5 nitrogen and oxygen atoms in total. The molecule has 2 aromatic rings. The third-order valence-electron chi connectivity index (χ3n) is 1.84. The molecule has 0 aliphatic carbocycles. The van der Waals surface area contributed by atoms with Gasteiger partial charge in [-0.3, -0.25) is 0 Å². The molecule has 0 spiro atoms. The average molecular weight is 201 g/mol. The van der Waals surface area contributed by atoms with Crippen LogP contribution in [0.3, 0.4) is 0 Å². The molecule has 0 aromatic carbocycles. The van der Waals surface area contributed by atoms with Crippen LogP contribution in [0.1, 0.15) is 0 Å². The standard InChI is InChI=1S/C10H11N5/c1-11-9-6-10(14-7-13-9)15-8-4-2-3-5-12-8/h2-7H,1H3,(H2,11,12,13,14,15). The van der Waals surface area contributed by atoms with Gasteiger partial charge in [-0.25, -0.2) is 15.0 Å². The Bertz CT molecular complexity index is 429. The van der Waals surface area contributed by atoms with Crippen LogP contribution in [-0.2, 0) is 0 Å². The van der Waals surface area contributed by atoms with Crippen molar-refractivity contribution in [2.24, 2.45) is 0 Å². The third kappa shape index (κ3) is 2.40. The molecule has 0 saturated carbocycles. The number of nitrogens with zero attached hydrogens (tertiary/aromatic N) is 3. The van der Waals surface area contributed by atoms with Gasteiger partial charge in [-0.05, 0) is 12.1 Å². The largest absolute Gasteiger partial charge is 0.373 e. The van der Waals surface area contributed by atoms with Gasteiger partial charge < -0.3 is 10.6 Å². The summed E-state index contributed by atoms with van der Waals surface area (Å²) in [5, 5.41) is 6.02. The first-order valence-electron chi connectivity index (χ1n) is 4.56. The predicted molar refractivity (Wildman–Crippen MR) is 59.1 cm³/mol. The lowest BCUT2D eigenvalue weighted by atomic mass is 10.4. The molecule has 0 fully saturated rings. The highest BCUT2D eigenvalue weighted by Gasteiger charge is 1.97. The molecule has 2 N–H and O–H groups in total. The number of hydrogen-bond donors (Lipinski definition) is 2. The van der Waals surface area contributed by atoms with E-state index in [-0.39, 0.29) is 0 Å². The molecule has 0 aliphatic heterocycles. The molecule has 0 saturated heterocycles. The summed E-state index contributed by atoms with van der Waals surface area (Å²) in [6.45, 7) is 0. The van der Waals surface area contributed by atoms with Crippen LogP contribution < -0.4 is 10.6 Å². The van der Waals surface area contributed by atoms with Gasteiger partial charge in [-0.15, -0.1) is 0 Å². The lowest BCUT2D eigenvalue weighted by Gasteiger charge is -2.05. The van der Waals surface area contributed by atoms with Crippen molar-refractivity contribution in [2.75, 3.05) is 17.7 Å². The summed E-state index contributed by atoms with van der Waals surface area (Å²) in [4.78, 5) is 12.2. The van der Waals surface area contributed by atoms with E-state index in [1.54, 1.807) is 6.20 Å². The zero-order valence-electron chi connectivity index (χ0n) is 8.31. The average Bonchev–Trinajstić information content (AvgIpc) is 2.31. The minimum atomic E-state index is 0.716. The van der Waals surface area contributed by atoms with Gasteiger partial charge in [0.25, 0.3) is 0 Å². The van der Waals surface area contributed by atoms with E-state index < -0.39 is 0 Å². The van der Waals surface area contributed by atoms with E-state index in [1.165, 1.54) is 6.33 Å². The number of hydrogen-bond acceptors (Lipinski definition) is 5. The van der Waals surface area contributed by atoms with Crippen LogP contribution in [0.4, 0.5) is 17.5 Å². The second-order valence-corrected chi connectivity index (χ2v) is 2.88. The quantitative estimate of drug-likeness (QED) is 0.790. The van der Waals surface area contributed by atoms with Gasteiger partial charge >= 0.3 is 0 Å². The highest BCUT2D eigenvalue weighted by molar-refractivity contribution is 5.54. The fourth-order valence-corrected chi connectivity index (χ4v) is 1.13. The monoisotopic (exact) mass is 201 g/mol. The Labute approximate surface area is 87.6 Å². The fourth-order valence-electron chi connectivity index (χ4n) is 1.13. The molecule has 2 heterocycles. The van der Waals surface area contributed by atoms with Gasteiger partial charge in [0.1, 0.15) is 23.8 Å². The molecule has 0 aliphatic rings. The van der Waals surface area contributed by atoms with E-state index in [9.17, 15) is 0 Å². The summed E-state index contributed by atoms with van der Waals surface area (Å²) in [6.07, 6.45) is 3.22. The van der Waals surface area contributed by atoms with Gasteiger partial charge in [-0.2, -0.15) is 0 Å². The minimum absolute atomic E-state index is 0.716. The van der Waals surface area contributed by atoms with E-state index >= 15 is 0 Å². The van der Waals surface area contributed by atoms with Crippen LogP contribution in [0.25, 0.3) is 0 Å². The Hall–Kier alpha value is -2.17. The lowest BCUT2D eigenvalue weighted by molar-refractivity contribution is 1.15. The van der Waals surface area contributed by atoms with Crippen molar-refractivity contribution < 1.29 is 0 Å². The molecule has 0 unspecified atom stereocenters. The van der Waals surface area contributed by atoms with Crippen molar-refractivity contribution in [1.29, 1.82) is 0 Å². The molecule has 0 atom stereocenters. The molecule has 5 heteroatoms. The second kappa shape index (κ2) is 4.36. The van der Waals surface area contributed by atoms with Gasteiger partial charge in [0.2, 0.25) is 0 Å². The molecular formula is C10H11N5. The van der Waals surface area contributed by atoms with Gasteiger partial charge in [0, 0.05) is 19.3 Å².